The molecular weight excluding hydrogens is 410 g/mol. The highest BCUT2D eigenvalue weighted by Crippen LogP contribution is 2.28. The SMILES string of the molecule is CN1CCN(S(=O)(=O)c2ccc(Sc3ccc(Br)cc3)nc2)CC1. The molecule has 1 fully saturated rings. The lowest BCUT2D eigenvalue weighted by molar-refractivity contribution is 0.222. The molecule has 8 heteroatoms. The fourth-order valence-corrected chi connectivity index (χ4v) is 4.77. The number of hydrogen-bond acceptors (Lipinski definition) is 5. The Labute approximate surface area is 155 Å². The summed E-state index contributed by atoms with van der Waals surface area (Å²) in [5.74, 6) is 0. The number of benzene rings is 1. The van der Waals surface area contributed by atoms with Crippen LogP contribution >= 0.6 is 27.7 Å². The Balaban J connectivity index is 1.72. The predicted molar refractivity (Wildman–Crippen MR) is 98.8 cm³/mol. The molecule has 0 radical (unpaired) electrons. The molecule has 0 amide bonds. The fraction of sp³-hybridized carbons (Fsp3) is 0.312. The van der Waals surface area contributed by atoms with Crippen LogP contribution < -0.4 is 0 Å². The van der Waals surface area contributed by atoms with Crippen LogP contribution in [0.1, 0.15) is 0 Å². The van der Waals surface area contributed by atoms with Crippen molar-refractivity contribution in [3.63, 3.8) is 0 Å². The Kier molecular flexibility index (Phi) is 5.61. The van der Waals surface area contributed by atoms with Crippen LogP contribution in [0.25, 0.3) is 0 Å². The summed E-state index contributed by atoms with van der Waals surface area (Å²) in [5, 5.41) is 0.773. The van der Waals surface area contributed by atoms with Crippen LogP contribution in [0, 0.1) is 0 Å². The third-order valence-electron chi connectivity index (χ3n) is 3.85. The summed E-state index contributed by atoms with van der Waals surface area (Å²) in [6, 6.07) is 11.3. The van der Waals surface area contributed by atoms with Crippen molar-refractivity contribution in [2.75, 3.05) is 33.2 Å². The molecule has 0 spiro atoms. The molecule has 0 unspecified atom stereocenters. The number of piperazine rings is 1. The molecule has 128 valence electrons. The normalized spacial score (nSPS) is 17.1. The quantitative estimate of drug-likeness (QED) is 0.750. The first-order valence-electron chi connectivity index (χ1n) is 7.53. The van der Waals surface area contributed by atoms with Gasteiger partial charge in [-0.25, -0.2) is 13.4 Å². The molecule has 2 heterocycles. The first-order chi connectivity index (χ1) is 11.4. The van der Waals surface area contributed by atoms with Crippen LogP contribution in [0.3, 0.4) is 0 Å². The summed E-state index contributed by atoms with van der Waals surface area (Å²) in [5.41, 5.74) is 0. The summed E-state index contributed by atoms with van der Waals surface area (Å²) < 4.78 is 27.9. The van der Waals surface area contributed by atoms with Gasteiger partial charge in [-0.3, -0.25) is 0 Å². The third kappa shape index (κ3) is 4.18. The van der Waals surface area contributed by atoms with Gasteiger partial charge >= 0.3 is 0 Å². The first kappa shape index (κ1) is 17.9. The summed E-state index contributed by atoms with van der Waals surface area (Å²) in [6.45, 7) is 2.55. The standard InChI is InChI=1S/C16H18BrN3O2S2/c1-19-8-10-20(11-9-19)24(21,22)15-6-7-16(18-12-15)23-14-4-2-13(17)3-5-14/h2-7,12H,8-11H2,1H3. The highest BCUT2D eigenvalue weighted by molar-refractivity contribution is 9.10. The Hall–Kier alpha value is -0.930. The number of hydrogen-bond donors (Lipinski definition) is 0. The van der Waals surface area contributed by atoms with Gasteiger partial charge in [-0.05, 0) is 43.4 Å². The maximum absolute atomic E-state index is 12.7. The topological polar surface area (TPSA) is 53.5 Å². The van der Waals surface area contributed by atoms with Crippen molar-refractivity contribution < 1.29 is 8.42 Å². The lowest BCUT2D eigenvalue weighted by atomic mass is 10.4. The molecule has 0 aliphatic carbocycles. The number of sulfonamides is 1. The van der Waals surface area contributed by atoms with Crippen molar-refractivity contribution in [1.29, 1.82) is 0 Å². The molecule has 5 nitrogen and oxygen atoms in total. The molecule has 1 aromatic heterocycles. The largest absolute Gasteiger partial charge is 0.304 e. The number of pyridine rings is 1. The van der Waals surface area contributed by atoms with Gasteiger partial charge in [-0.1, -0.05) is 27.7 Å². The first-order valence-corrected chi connectivity index (χ1v) is 10.6. The molecule has 1 aromatic carbocycles. The highest BCUT2D eigenvalue weighted by Gasteiger charge is 2.27. The minimum absolute atomic E-state index is 0.257. The monoisotopic (exact) mass is 427 g/mol. The van der Waals surface area contributed by atoms with Crippen molar-refractivity contribution in [2.24, 2.45) is 0 Å². The molecule has 24 heavy (non-hydrogen) atoms. The van der Waals surface area contributed by atoms with Crippen LogP contribution in [0.5, 0.6) is 0 Å². The summed E-state index contributed by atoms with van der Waals surface area (Å²) in [4.78, 5) is 7.75. The van der Waals surface area contributed by atoms with Gasteiger partial charge < -0.3 is 4.90 Å². The molecule has 3 rings (SSSR count). The lowest BCUT2D eigenvalue weighted by Crippen LogP contribution is -2.47. The Morgan fingerprint density at radius 3 is 2.29 bits per heavy atom. The van der Waals surface area contributed by atoms with Crippen LogP contribution in [-0.4, -0.2) is 55.8 Å². The van der Waals surface area contributed by atoms with Crippen molar-refractivity contribution >= 4 is 37.7 Å². The maximum Gasteiger partial charge on any atom is 0.244 e. The molecule has 2 aromatic rings. The van der Waals surface area contributed by atoms with E-state index in [1.54, 1.807) is 12.1 Å². The van der Waals surface area contributed by atoms with Gasteiger partial charge in [-0.2, -0.15) is 4.31 Å². The molecule has 1 aliphatic heterocycles. The smallest absolute Gasteiger partial charge is 0.244 e. The van der Waals surface area contributed by atoms with E-state index in [-0.39, 0.29) is 4.90 Å². The second-order valence-electron chi connectivity index (χ2n) is 5.60. The number of aromatic nitrogens is 1. The number of likely N-dealkylation sites (N-methyl/N-ethyl adjacent to an activating group) is 1. The minimum atomic E-state index is -3.45. The van der Waals surface area contributed by atoms with Gasteiger partial charge in [0.25, 0.3) is 0 Å². The minimum Gasteiger partial charge on any atom is -0.304 e. The second-order valence-corrected chi connectivity index (χ2v) is 9.54. The number of rotatable bonds is 4. The summed E-state index contributed by atoms with van der Waals surface area (Å²) in [6.07, 6.45) is 1.45. The van der Waals surface area contributed by atoms with Crippen molar-refractivity contribution in [1.82, 2.24) is 14.2 Å². The summed E-state index contributed by atoms with van der Waals surface area (Å²) in [7, 11) is -1.45. The van der Waals surface area contributed by atoms with E-state index in [2.05, 4.69) is 25.8 Å². The van der Waals surface area contributed by atoms with Gasteiger partial charge in [-0.15, -0.1) is 0 Å². The maximum atomic E-state index is 12.7. The fourth-order valence-electron chi connectivity index (χ4n) is 2.38. The van der Waals surface area contributed by atoms with Gasteiger partial charge in [0.15, 0.2) is 0 Å². The Morgan fingerprint density at radius 1 is 1.04 bits per heavy atom. The molecule has 0 saturated carbocycles. The average Bonchev–Trinajstić information content (AvgIpc) is 2.58. The zero-order valence-corrected chi connectivity index (χ0v) is 16.4. The Morgan fingerprint density at radius 2 is 1.71 bits per heavy atom. The number of halogens is 1. The predicted octanol–water partition coefficient (Wildman–Crippen LogP) is 2.93. The van der Waals surface area contributed by atoms with Gasteiger partial charge in [0.1, 0.15) is 9.92 Å². The molecule has 1 aliphatic rings. The van der Waals surface area contributed by atoms with Gasteiger partial charge in [0, 0.05) is 41.7 Å². The molecular formula is C16H18BrN3O2S2. The van der Waals surface area contributed by atoms with Crippen LogP contribution in [-0.2, 0) is 10.0 Å². The van der Waals surface area contributed by atoms with Crippen LogP contribution in [0.15, 0.2) is 61.9 Å². The van der Waals surface area contributed by atoms with E-state index < -0.39 is 10.0 Å². The zero-order chi connectivity index (χ0) is 17.2. The third-order valence-corrected chi connectivity index (χ3v) is 7.21. The van der Waals surface area contributed by atoms with Crippen molar-refractivity contribution in [3.8, 4) is 0 Å². The highest BCUT2D eigenvalue weighted by atomic mass is 79.9. The van der Waals surface area contributed by atoms with E-state index in [4.69, 9.17) is 0 Å². The van der Waals surface area contributed by atoms with E-state index in [1.165, 1.54) is 22.3 Å². The molecule has 0 atom stereocenters. The van der Waals surface area contributed by atoms with Crippen molar-refractivity contribution in [2.45, 2.75) is 14.8 Å². The van der Waals surface area contributed by atoms with E-state index in [0.29, 0.717) is 13.1 Å². The lowest BCUT2D eigenvalue weighted by Gasteiger charge is -2.31. The van der Waals surface area contributed by atoms with Crippen molar-refractivity contribution in [3.05, 3.63) is 47.1 Å². The summed E-state index contributed by atoms with van der Waals surface area (Å²) >= 11 is 4.91. The van der Waals surface area contributed by atoms with E-state index in [0.717, 1.165) is 27.5 Å². The Bertz CT molecular complexity index is 787. The molecule has 1 saturated heterocycles. The molecule has 0 bridgehead atoms. The van der Waals surface area contributed by atoms with E-state index >= 15 is 0 Å². The van der Waals surface area contributed by atoms with Gasteiger partial charge in [0.2, 0.25) is 10.0 Å². The zero-order valence-electron chi connectivity index (χ0n) is 13.2. The molecule has 0 N–H and O–H groups in total. The van der Waals surface area contributed by atoms with Gasteiger partial charge in [0.05, 0.1) is 0 Å². The van der Waals surface area contributed by atoms with Crippen LogP contribution in [0.2, 0.25) is 0 Å². The average molecular weight is 428 g/mol. The second kappa shape index (κ2) is 7.53. The van der Waals surface area contributed by atoms with Crippen LogP contribution in [0.4, 0.5) is 0 Å². The van der Waals surface area contributed by atoms with E-state index in [9.17, 15) is 8.42 Å². The number of nitrogens with zero attached hydrogens (tertiary/aromatic N) is 3. The van der Waals surface area contributed by atoms with E-state index in [1.807, 2.05) is 31.3 Å².